The normalized spacial score (nSPS) is 28.8. The molecule has 0 aromatic heterocycles. The number of hydrogen-bond acceptors (Lipinski definition) is 0. The maximum absolute atomic E-state index is 2.77. The van der Waals surface area contributed by atoms with E-state index in [2.05, 4.69) is 179 Å². The van der Waals surface area contributed by atoms with E-state index in [1.54, 1.807) is 33.4 Å². The molecule has 3 unspecified atom stereocenters. The zero-order chi connectivity index (χ0) is 36.4. The Morgan fingerprint density at radius 3 is 1.86 bits per heavy atom. The highest BCUT2D eigenvalue weighted by Gasteiger charge is 2.77. The summed E-state index contributed by atoms with van der Waals surface area (Å²) < 4.78 is 0. The van der Waals surface area contributed by atoms with Crippen LogP contribution in [0.15, 0.2) is 137 Å². The van der Waals surface area contributed by atoms with Gasteiger partial charge < -0.3 is 0 Å². The molecule has 0 heteroatoms. The van der Waals surface area contributed by atoms with Crippen LogP contribution in [0.25, 0.3) is 5.57 Å². The Morgan fingerprint density at radius 2 is 1.27 bits per heavy atom. The van der Waals surface area contributed by atoms with Crippen LogP contribution in [0.3, 0.4) is 0 Å². The van der Waals surface area contributed by atoms with Crippen molar-refractivity contribution in [2.45, 2.75) is 107 Å². The van der Waals surface area contributed by atoms with Gasteiger partial charge in [0.15, 0.2) is 0 Å². The summed E-state index contributed by atoms with van der Waals surface area (Å²) in [7, 11) is 0. The summed E-state index contributed by atoms with van der Waals surface area (Å²) in [6.45, 7) is 28.7. The van der Waals surface area contributed by atoms with Gasteiger partial charge in [-0.15, -0.1) is 0 Å². The monoisotopic (exact) mass is 672 g/mol. The first kappa shape index (κ1) is 34.4. The van der Waals surface area contributed by atoms with Crippen LogP contribution in [0.4, 0.5) is 0 Å². The van der Waals surface area contributed by atoms with Gasteiger partial charge in [-0.25, -0.2) is 0 Å². The van der Waals surface area contributed by atoms with Gasteiger partial charge in [0.2, 0.25) is 0 Å². The van der Waals surface area contributed by atoms with Crippen LogP contribution < -0.4 is 0 Å². The molecule has 51 heavy (non-hydrogen) atoms. The third-order valence-corrected chi connectivity index (χ3v) is 16.8. The smallest absolute Gasteiger partial charge is 0.0516 e. The molecule has 0 saturated heterocycles. The van der Waals surface area contributed by atoms with Crippen LogP contribution in [-0.4, -0.2) is 0 Å². The largest absolute Gasteiger partial charge is 0.0842 e. The van der Waals surface area contributed by atoms with Crippen LogP contribution in [-0.2, 0) is 11.8 Å². The Hall–Kier alpha value is -3.64. The van der Waals surface area contributed by atoms with Crippen molar-refractivity contribution < 1.29 is 0 Å². The summed E-state index contributed by atoms with van der Waals surface area (Å²) in [5.41, 5.74) is 16.0. The van der Waals surface area contributed by atoms with Crippen LogP contribution >= 0.6 is 0 Å². The van der Waals surface area contributed by atoms with E-state index in [4.69, 9.17) is 0 Å². The van der Waals surface area contributed by atoms with Gasteiger partial charge in [0.25, 0.3) is 0 Å². The Morgan fingerprint density at radius 1 is 0.686 bits per heavy atom. The minimum absolute atomic E-state index is 0.00763. The molecule has 0 radical (unpaired) electrons. The average molecular weight is 673 g/mol. The zero-order valence-corrected chi connectivity index (χ0v) is 33.3. The van der Waals surface area contributed by atoms with Crippen LogP contribution in [0, 0.1) is 38.9 Å². The number of allylic oxidation sites excluding steroid dienone is 10. The number of fused-ring (bicyclic) bond motifs is 6. The Kier molecular flexibility index (Phi) is 7.55. The fraction of sp³-hybridized carbons (Fsp3) is 0.451. The van der Waals surface area contributed by atoms with Gasteiger partial charge in [-0.1, -0.05) is 189 Å². The average Bonchev–Trinajstić information content (AvgIpc) is 3.70. The highest BCUT2D eigenvalue weighted by Crippen LogP contribution is 2.83. The van der Waals surface area contributed by atoms with Gasteiger partial charge in [0.1, 0.15) is 0 Å². The van der Waals surface area contributed by atoms with Gasteiger partial charge in [-0.05, 0) is 105 Å². The van der Waals surface area contributed by atoms with Crippen molar-refractivity contribution in [3.8, 4) is 0 Å². The second-order valence-corrected chi connectivity index (χ2v) is 18.9. The highest BCUT2D eigenvalue weighted by molar-refractivity contribution is 5.93. The van der Waals surface area contributed by atoms with Crippen molar-refractivity contribution in [1.82, 2.24) is 0 Å². The van der Waals surface area contributed by atoms with E-state index in [1.165, 1.54) is 34.2 Å². The van der Waals surface area contributed by atoms with E-state index in [9.17, 15) is 0 Å². The summed E-state index contributed by atoms with van der Waals surface area (Å²) in [6, 6.07) is 33.0. The van der Waals surface area contributed by atoms with Crippen molar-refractivity contribution in [1.29, 1.82) is 0 Å². The first-order valence-electron chi connectivity index (χ1n) is 19.8. The summed E-state index contributed by atoms with van der Waals surface area (Å²) >= 11 is 0. The lowest BCUT2D eigenvalue weighted by atomic mass is 9.25. The predicted molar refractivity (Wildman–Crippen MR) is 217 cm³/mol. The fourth-order valence-corrected chi connectivity index (χ4v) is 12.9. The molecule has 0 amide bonds. The molecule has 8 rings (SSSR count). The molecule has 0 spiro atoms. The van der Waals surface area contributed by atoms with Crippen molar-refractivity contribution in [3.05, 3.63) is 159 Å². The third-order valence-electron chi connectivity index (χ3n) is 16.8. The predicted octanol–water partition coefficient (Wildman–Crippen LogP) is 13.7. The fourth-order valence-electron chi connectivity index (χ4n) is 12.9. The second kappa shape index (κ2) is 11.2. The molecule has 0 N–H and O–H groups in total. The molecule has 3 aromatic carbocycles. The minimum Gasteiger partial charge on any atom is -0.0842 e. The van der Waals surface area contributed by atoms with Gasteiger partial charge in [0, 0.05) is 10.8 Å². The van der Waals surface area contributed by atoms with Crippen LogP contribution in [0.1, 0.15) is 118 Å². The SMILES string of the molecule is CC1=C(C(c2ccccc2)(c2ccccc2)C2(C)C3=C4Cc5ccccc5C4=C4C=CCCC4C3(C)C(C)(C)C(C)(C)C2(C)C)CC(C(C)C)=C1. The molecule has 5 aliphatic carbocycles. The van der Waals surface area contributed by atoms with E-state index < -0.39 is 5.41 Å². The Bertz CT molecular complexity index is 2030. The summed E-state index contributed by atoms with van der Waals surface area (Å²) in [5, 5.41) is 0. The quantitative estimate of drug-likeness (QED) is 0.253. The molecule has 3 atom stereocenters. The standard InChI is InChI=1S/C51H60/c1-33(2)36-30-34(3)43(32-36)51(37-23-14-12-15-24-37,38-25-16-13-17-26-38)50(11)45-41-31-35-22-18-19-27-39(35)44(41)40-28-20-21-29-42(40)49(45,10)47(6,7)46(4,5)48(50,8)9/h12-20,22-28,30,33,42H,21,29,31-32H2,1-11H3. The molecule has 0 heterocycles. The molecule has 3 aromatic rings. The van der Waals surface area contributed by atoms with Crippen LogP contribution in [0.5, 0.6) is 0 Å². The Balaban J connectivity index is 1.63. The highest BCUT2D eigenvalue weighted by atomic mass is 14.8. The first-order chi connectivity index (χ1) is 24.1. The lowest BCUT2D eigenvalue weighted by Gasteiger charge is -2.78. The summed E-state index contributed by atoms with van der Waals surface area (Å²) in [5.74, 6) is 0.945. The lowest BCUT2D eigenvalue weighted by molar-refractivity contribution is -0.206. The van der Waals surface area contributed by atoms with Gasteiger partial charge in [-0.2, -0.15) is 0 Å². The van der Waals surface area contributed by atoms with Gasteiger partial charge >= 0.3 is 0 Å². The topological polar surface area (TPSA) is 0 Å². The molecule has 264 valence electrons. The zero-order valence-electron chi connectivity index (χ0n) is 33.3. The van der Waals surface area contributed by atoms with E-state index in [0.29, 0.717) is 11.8 Å². The van der Waals surface area contributed by atoms with E-state index in [0.717, 1.165) is 19.3 Å². The first-order valence-corrected chi connectivity index (χ1v) is 19.8. The van der Waals surface area contributed by atoms with Gasteiger partial charge in [-0.3, -0.25) is 0 Å². The molecule has 0 nitrogen and oxygen atoms in total. The molecular formula is C51H60. The minimum atomic E-state index is -0.421. The van der Waals surface area contributed by atoms with Crippen molar-refractivity contribution in [3.63, 3.8) is 0 Å². The van der Waals surface area contributed by atoms with Crippen LogP contribution in [0.2, 0.25) is 0 Å². The number of hydrogen-bond donors (Lipinski definition) is 0. The summed E-state index contributed by atoms with van der Waals surface area (Å²) in [4.78, 5) is 0. The van der Waals surface area contributed by atoms with E-state index in [-0.39, 0.29) is 27.1 Å². The molecule has 0 bridgehead atoms. The molecular weight excluding hydrogens is 613 g/mol. The van der Waals surface area contributed by atoms with Crippen molar-refractivity contribution in [2.75, 3.05) is 0 Å². The molecule has 1 fully saturated rings. The number of benzene rings is 3. The maximum atomic E-state index is 2.77. The molecule has 0 aliphatic heterocycles. The molecule has 1 saturated carbocycles. The third kappa shape index (κ3) is 3.98. The molecule has 5 aliphatic rings. The summed E-state index contributed by atoms with van der Waals surface area (Å²) in [6.07, 6.45) is 12.0. The Labute approximate surface area is 309 Å². The van der Waals surface area contributed by atoms with E-state index >= 15 is 0 Å². The van der Waals surface area contributed by atoms with Gasteiger partial charge in [0.05, 0.1) is 5.41 Å². The van der Waals surface area contributed by atoms with Crippen molar-refractivity contribution >= 4 is 5.57 Å². The number of rotatable bonds is 5. The van der Waals surface area contributed by atoms with Crippen molar-refractivity contribution in [2.24, 2.45) is 38.9 Å². The maximum Gasteiger partial charge on any atom is 0.0516 e. The lowest BCUT2D eigenvalue weighted by Crippen LogP contribution is -2.73. The second-order valence-electron chi connectivity index (χ2n) is 18.9. The van der Waals surface area contributed by atoms with E-state index in [1.807, 2.05) is 0 Å².